The highest BCUT2D eigenvalue weighted by atomic mass is 16.2. The molecule has 2 saturated heterocycles. The summed E-state index contributed by atoms with van der Waals surface area (Å²) in [5.74, 6) is 0.379. The van der Waals surface area contributed by atoms with Crippen LogP contribution in [0.2, 0.25) is 0 Å². The Morgan fingerprint density at radius 3 is 2.59 bits per heavy atom. The van der Waals surface area contributed by atoms with E-state index in [1.54, 1.807) is 0 Å². The topological polar surface area (TPSA) is 73.0 Å². The van der Waals surface area contributed by atoms with Crippen molar-refractivity contribution in [2.75, 3.05) is 32.8 Å². The minimum absolute atomic E-state index is 0.131. The van der Waals surface area contributed by atoms with E-state index in [1.165, 1.54) is 4.90 Å². The first-order chi connectivity index (χ1) is 14.1. The summed E-state index contributed by atoms with van der Waals surface area (Å²) in [4.78, 5) is 44.0. The number of aryl methyl sites for hydroxylation is 1. The quantitative estimate of drug-likeness (QED) is 0.789. The van der Waals surface area contributed by atoms with Gasteiger partial charge in [-0.1, -0.05) is 24.3 Å². The predicted molar refractivity (Wildman–Crippen MR) is 107 cm³/mol. The normalized spacial score (nSPS) is 27.7. The van der Waals surface area contributed by atoms with E-state index in [2.05, 4.69) is 16.3 Å². The van der Waals surface area contributed by atoms with Gasteiger partial charge >= 0.3 is 6.03 Å². The molecule has 0 radical (unpaired) electrons. The lowest BCUT2D eigenvalue weighted by molar-refractivity contribution is -0.137. The fourth-order valence-electron chi connectivity index (χ4n) is 5.00. The van der Waals surface area contributed by atoms with Crippen LogP contribution in [0.15, 0.2) is 24.3 Å². The number of rotatable bonds is 3. The number of amides is 4. The van der Waals surface area contributed by atoms with Crippen molar-refractivity contribution in [1.29, 1.82) is 0 Å². The molecule has 7 nitrogen and oxygen atoms in total. The van der Waals surface area contributed by atoms with Crippen molar-refractivity contribution in [3.05, 3.63) is 35.4 Å². The minimum Gasteiger partial charge on any atom is -0.340 e. The first-order valence-corrected chi connectivity index (χ1v) is 10.8. The molecule has 7 heteroatoms. The third-order valence-electron chi connectivity index (χ3n) is 6.85. The van der Waals surface area contributed by atoms with Crippen molar-refractivity contribution >= 4 is 17.8 Å². The zero-order chi connectivity index (χ0) is 20.0. The van der Waals surface area contributed by atoms with E-state index < -0.39 is 5.54 Å². The van der Waals surface area contributed by atoms with E-state index in [9.17, 15) is 14.4 Å². The number of urea groups is 1. The largest absolute Gasteiger partial charge is 0.340 e. The molecular formula is C22H28N4O3. The Labute approximate surface area is 171 Å². The van der Waals surface area contributed by atoms with Crippen LogP contribution in [0, 0.1) is 5.92 Å². The molecule has 0 bridgehead atoms. The monoisotopic (exact) mass is 396 g/mol. The summed E-state index contributed by atoms with van der Waals surface area (Å²) in [5, 5.41) is 3.05. The number of carbonyl (C=O) groups is 3. The Morgan fingerprint density at radius 1 is 1.07 bits per heavy atom. The summed E-state index contributed by atoms with van der Waals surface area (Å²) in [6.45, 7) is 3.03. The molecule has 1 aromatic carbocycles. The van der Waals surface area contributed by atoms with E-state index in [-0.39, 0.29) is 23.8 Å². The van der Waals surface area contributed by atoms with Gasteiger partial charge in [0.2, 0.25) is 5.91 Å². The van der Waals surface area contributed by atoms with Crippen LogP contribution >= 0.6 is 0 Å². The molecule has 1 aromatic rings. The Hall–Kier alpha value is -2.41. The second kappa shape index (κ2) is 7.13. The Bertz CT molecular complexity index is 844. The molecule has 1 saturated carbocycles. The predicted octanol–water partition coefficient (Wildman–Crippen LogP) is 1.67. The molecule has 5 rings (SSSR count). The second-order valence-electron chi connectivity index (χ2n) is 8.79. The average Bonchev–Trinajstić information content (AvgIpc) is 3.57. The Balaban J connectivity index is 1.30. The molecule has 2 aliphatic carbocycles. The van der Waals surface area contributed by atoms with Crippen LogP contribution in [-0.2, 0) is 21.5 Å². The van der Waals surface area contributed by atoms with Crippen molar-refractivity contribution in [3.63, 3.8) is 0 Å². The van der Waals surface area contributed by atoms with Crippen LogP contribution in [-0.4, -0.2) is 65.4 Å². The molecule has 2 aliphatic heterocycles. The van der Waals surface area contributed by atoms with Gasteiger partial charge in [-0.2, -0.15) is 0 Å². The van der Waals surface area contributed by atoms with Gasteiger partial charge in [-0.05, 0) is 49.7 Å². The number of carbonyl (C=O) groups excluding carboxylic acids is 3. The fraction of sp³-hybridized carbons (Fsp3) is 0.591. The molecule has 2 heterocycles. The molecule has 29 heavy (non-hydrogen) atoms. The summed E-state index contributed by atoms with van der Waals surface area (Å²) < 4.78 is 0. The molecule has 4 amide bonds. The van der Waals surface area contributed by atoms with Gasteiger partial charge in [0.15, 0.2) is 0 Å². The highest BCUT2D eigenvalue weighted by molar-refractivity contribution is 6.07. The highest BCUT2D eigenvalue weighted by Gasteiger charge is 2.53. The smallest absolute Gasteiger partial charge is 0.326 e. The van der Waals surface area contributed by atoms with Gasteiger partial charge in [-0.3, -0.25) is 14.5 Å². The molecule has 1 unspecified atom stereocenters. The van der Waals surface area contributed by atoms with E-state index in [1.807, 2.05) is 23.1 Å². The van der Waals surface area contributed by atoms with Crippen molar-refractivity contribution < 1.29 is 14.4 Å². The van der Waals surface area contributed by atoms with Gasteiger partial charge in [0.1, 0.15) is 5.54 Å². The maximum absolute atomic E-state index is 13.5. The van der Waals surface area contributed by atoms with Crippen molar-refractivity contribution in [3.8, 4) is 0 Å². The van der Waals surface area contributed by atoms with Crippen LogP contribution in [0.5, 0.6) is 0 Å². The van der Waals surface area contributed by atoms with Crippen molar-refractivity contribution in [1.82, 2.24) is 20.0 Å². The Morgan fingerprint density at radius 2 is 1.83 bits per heavy atom. The van der Waals surface area contributed by atoms with E-state index in [4.69, 9.17) is 0 Å². The molecular weight excluding hydrogens is 368 g/mol. The number of imide groups is 1. The number of piperazine rings is 1. The number of benzene rings is 1. The third kappa shape index (κ3) is 3.21. The van der Waals surface area contributed by atoms with Crippen LogP contribution in [0.1, 0.15) is 43.2 Å². The van der Waals surface area contributed by atoms with Gasteiger partial charge in [-0.25, -0.2) is 9.69 Å². The summed E-state index contributed by atoms with van der Waals surface area (Å²) in [7, 11) is 0. The molecule has 1 N–H and O–H groups in total. The Kier molecular flexibility index (Phi) is 4.57. The maximum atomic E-state index is 13.5. The van der Waals surface area contributed by atoms with E-state index >= 15 is 0 Å². The van der Waals surface area contributed by atoms with Crippen molar-refractivity contribution in [2.24, 2.45) is 5.92 Å². The second-order valence-corrected chi connectivity index (χ2v) is 8.79. The third-order valence-corrected chi connectivity index (χ3v) is 6.85. The number of fused-ring (bicyclic) bond motifs is 2. The zero-order valence-corrected chi connectivity index (χ0v) is 16.7. The zero-order valence-electron chi connectivity index (χ0n) is 16.7. The van der Waals surface area contributed by atoms with Gasteiger partial charge in [-0.15, -0.1) is 0 Å². The fourth-order valence-corrected chi connectivity index (χ4v) is 5.00. The lowest BCUT2D eigenvalue weighted by Crippen LogP contribution is -2.53. The van der Waals surface area contributed by atoms with Crippen LogP contribution < -0.4 is 5.32 Å². The minimum atomic E-state index is -0.923. The van der Waals surface area contributed by atoms with Gasteiger partial charge in [0, 0.05) is 32.1 Å². The first kappa shape index (κ1) is 18.6. The van der Waals surface area contributed by atoms with Crippen LogP contribution in [0.25, 0.3) is 0 Å². The number of hydrogen-bond donors (Lipinski definition) is 1. The van der Waals surface area contributed by atoms with E-state index in [0.29, 0.717) is 39.3 Å². The first-order valence-electron chi connectivity index (χ1n) is 10.8. The maximum Gasteiger partial charge on any atom is 0.326 e. The number of hydrogen-bond acceptors (Lipinski definition) is 4. The van der Waals surface area contributed by atoms with Crippen LogP contribution in [0.4, 0.5) is 4.79 Å². The lowest BCUT2D eigenvalue weighted by Gasteiger charge is -2.36. The molecule has 1 spiro atoms. The summed E-state index contributed by atoms with van der Waals surface area (Å²) >= 11 is 0. The van der Waals surface area contributed by atoms with Gasteiger partial charge in [0.05, 0.1) is 6.67 Å². The number of nitrogens with one attached hydrogen (secondary N) is 1. The molecule has 0 aromatic heterocycles. The number of nitrogens with zero attached hydrogens (tertiary/aromatic N) is 3. The highest BCUT2D eigenvalue weighted by Crippen LogP contribution is 2.39. The standard InChI is InChI=1S/C22H28N4O3/c27-19(17-8-9-17)25-13-11-24(12-14-25)15-26-20(28)22(23-21(26)29)10-4-3-6-16-5-1-2-7-18(16)22/h1-2,5,7,17H,3-4,6,8-15H2,(H,23,29). The molecule has 4 aliphatic rings. The average molecular weight is 396 g/mol. The lowest BCUT2D eigenvalue weighted by atomic mass is 9.84. The summed E-state index contributed by atoms with van der Waals surface area (Å²) in [6.07, 6.45) is 5.57. The summed E-state index contributed by atoms with van der Waals surface area (Å²) in [5.41, 5.74) is 1.19. The van der Waals surface area contributed by atoms with Gasteiger partial charge < -0.3 is 10.2 Å². The molecule has 154 valence electrons. The molecule has 1 atom stereocenters. The van der Waals surface area contributed by atoms with Crippen molar-refractivity contribution in [2.45, 2.75) is 44.1 Å². The van der Waals surface area contributed by atoms with Gasteiger partial charge in [0.25, 0.3) is 5.91 Å². The van der Waals surface area contributed by atoms with E-state index in [0.717, 1.165) is 43.2 Å². The molecule has 3 fully saturated rings. The summed E-state index contributed by atoms with van der Waals surface area (Å²) in [6, 6.07) is 7.71. The SMILES string of the molecule is O=C(C1CC1)N1CCN(CN2C(=O)NC3(CCCCc4ccccc43)C2=O)CC1. The van der Waals surface area contributed by atoms with Crippen LogP contribution in [0.3, 0.4) is 0 Å².